The van der Waals surface area contributed by atoms with Crippen molar-refractivity contribution in [3.63, 3.8) is 0 Å². The van der Waals surface area contributed by atoms with E-state index in [0.717, 1.165) is 49.9 Å². The second-order valence-corrected chi connectivity index (χ2v) is 15.0. The summed E-state index contributed by atoms with van der Waals surface area (Å²) in [5, 5.41) is 4.74. The van der Waals surface area contributed by atoms with Gasteiger partial charge in [-0.1, -0.05) is 30.7 Å². The normalized spacial score (nSPS) is 42.1. The number of carbonyl (C=O) groups is 2. The van der Waals surface area contributed by atoms with Crippen LogP contribution < -0.4 is 0 Å². The van der Waals surface area contributed by atoms with E-state index < -0.39 is 30.4 Å². The van der Waals surface area contributed by atoms with Gasteiger partial charge in [-0.05, 0) is 125 Å². The zero-order valence-corrected chi connectivity index (χ0v) is 27.4. The lowest BCUT2D eigenvalue weighted by molar-refractivity contribution is -0.213. The van der Waals surface area contributed by atoms with E-state index >= 15 is 0 Å². The Kier molecular flexibility index (Phi) is 9.32. The molecule has 0 spiro atoms. The molecule has 44 heavy (non-hydrogen) atoms. The van der Waals surface area contributed by atoms with Crippen LogP contribution >= 0.6 is 0 Å². The van der Waals surface area contributed by atoms with Gasteiger partial charge in [-0.2, -0.15) is 0 Å². The molecule has 5 aliphatic carbocycles. The van der Waals surface area contributed by atoms with Crippen LogP contribution in [0.1, 0.15) is 112 Å². The number of carbonyl (C=O) groups excluding carboxylic acids is 2. The third-order valence-corrected chi connectivity index (χ3v) is 12.4. The molecule has 6 aliphatic rings. The molecule has 244 valence electrons. The first kappa shape index (κ1) is 31.8. The van der Waals surface area contributed by atoms with Crippen LogP contribution in [0.2, 0.25) is 0 Å². The van der Waals surface area contributed by atoms with Crippen molar-refractivity contribution >= 4 is 17.7 Å². The van der Waals surface area contributed by atoms with Gasteiger partial charge in [0.15, 0.2) is 6.29 Å². The van der Waals surface area contributed by atoms with Crippen LogP contribution in [-0.2, 0) is 33.4 Å². The van der Waals surface area contributed by atoms with Gasteiger partial charge >= 0.3 is 11.9 Å². The lowest BCUT2D eigenvalue weighted by Crippen LogP contribution is -2.51. The van der Waals surface area contributed by atoms with E-state index in [2.05, 4.69) is 26.8 Å². The number of hydrogen-bond donors (Lipinski definition) is 0. The minimum absolute atomic E-state index is 0.00824. The van der Waals surface area contributed by atoms with E-state index in [1.807, 2.05) is 6.08 Å². The van der Waals surface area contributed by atoms with Crippen molar-refractivity contribution in [3.05, 3.63) is 23.8 Å². The molecule has 8 heteroatoms. The summed E-state index contributed by atoms with van der Waals surface area (Å²) in [6, 6.07) is 0. The first-order valence-corrected chi connectivity index (χ1v) is 17.3. The van der Waals surface area contributed by atoms with Gasteiger partial charge in [-0.3, -0.25) is 9.59 Å². The largest absolute Gasteiger partial charge is 0.463 e. The van der Waals surface area contributed by atoms with Crippen molar-refractivity contribution in [2.45, 2.75) is 142 Å². The minimum Gasteiger partial charge on any atom is -0.463 e. The average molecular weight is 612 g/mol. The van der Waals surface area contributed by atoms with Crippen molar-refractivity contribution in [3.8, 4) is 0 Å². The predicted octanol–water partition coefficient (Wildman–Crippen LogP) is 7.06. The van der Waals surface area contributed by atoms with Gasteiger partial charge in [0.1, 0.15) is 24.9 Å². The monoisotopic (exact) mass is 611 g/mol. The van der Waals surface area contributed by atoms with Gasteiger partial charge < -0.3 is 23.8 Å². The van der Waals surface area contributed by atoms with Crippen molar-refractivity contribution in [1.29, 1.82) is 0 Å². The first-order chi connectivity index (χ1) is 21.1. The highest BCUT2D eigenvalue weighted by molar-refractivity contribution is 5.85. The van der Waals surface area contributed by atoms with Gasteiger partial charge in [-0.25, -0.2) is 0 Å². The van der Waals surface area contributed by atoms with Gasteiger partial charge in [0.2, 0.25) is 0 Å². The Bertz CT molecular complexity index is 1170. The highest BCUT2D eigenvalue weighted by Gasteiger charge is 2.59. The molecule has 6 rings (SSSR count). The molecule has 1 heterocycles. The Hall–Kier alpha value is -2.19. The Labute approximate surface area is 263 Å². The van der Waals surface area contributed by atoms with Crippen LogP contribution in [0.3, 0.4) is 0 Å². The molecule has 4 unspecified atom stereocenters. The van der Waals surface area contributed by atoms with Crippen LogP contribution in [0.5, 0.6) is 0 Å². The third kappa shape index (κ3) is 6.27. The highest BCUT2D eigenvalue weighted by atomic mass is 16.7. The topological polar surface area (TPSA) is 92.7 Å². The summed E-state index contributed by atoms with van der Waals surface area (Å²) in [6.45, 7) is 10.0. The Morgan fingerprint density at radius 3 is 2.48 bits per heavy atom. The third-order valence-electron chi connectivity index (χ3n) is 12.4. The maximum atomic E-state index is 11.6. The van der Waals surface area contributed by atoms with Crippen LogP contribution in [-0.4, -0.2) is 55.0 Å². The summed E-state index contributed by atoms with van der Waals surface area (Å²) >= 11 is 0. The molecule has 10 atom stereocenters. The van der Waals surface area contributed by atoms with E-state index in [1.165, 1.54) is 64.5 Å². The fourth-order valence-electron chi connectivity index (χ4n) is 10.2. The number of rotatable bonds is 8. The predicted molar refractivity (Wildman–Crippen MR) is 167 cm³/mol. The number of nitrogens with zero attached hydrogens (tertiary/aromatic N) is 1. The molecule has 0 radical (unpaired) electrons. The summed E-state index contributed by atoms with van der Waals surface area (Å²) in [6.07, 6.45) is 18.9. The van der Waals surface area contributed by atoms with Gasteiger partial charge in [0, 0.05) is 19.8 Å². The van der Waals surface area contributed by atoms with E-state index in [9.17, 15) is 9.59 Å². The first-order valence-electron chi connectivity index (χ1n) is 17.3. The quantitative estimate of drug-likeness (QED) is 0.126. The summed E-state index contributed by atoms with van der Waals surface area (Å²) in [5.41, 5.74) is 3.32. The van der Waals surface area contributed by atoms with Crippen molar-refractivity contribution < 1.29 is 33.4 Å². The number of fused-ring (bicyclic) bond motifs is 5. The van der Waals surface area contributed by atoms with Crippen molar-refractivity contribution in [2.24, 2.45) is 39.7 Å². The summed E-state index contributed by atoms with van der Waals surface area (Å²) in [5.74, 6) is 1.92. The molecule has 0 aromatic heterocycles. The SMILES string of the molecule is CC(=O)OC[C@H]1OC(O[C@H]2CC[C@@]3(C)C(=CCC4C3CC[C@@]3(C)C4CC[C@@H]3/C(C)=N/OC3CCCC3)C2)C=C[C@@H]1OC(C)=O. The smallest absolute Gasteiger partial charge is 0.303 e. The molecule has 4 fully saturated rings. The van der Waals surface area contributed by atoms with Crippen molar-refractivity contribution in [1.82, 2.24) is 0 Å². The number of allylic oxidation sites excluding steroid dienone is 1. The number of esters is 2. The molecule has 1 aliphatic heterocycles. The standard InChI is InChI=1S/C36H53NO7/c1-22(37-44-26-8-6-7-9-26)29-12-13-30-28-11-10-25-20-27(16-18-35(25,4)31(28)17-19-36(29,30)5)42-34-15-14-32(41-24(3)39)33(43-34)21-40-23(2)38/h10,14-15,26-34H,6-9,11-13,16-21H2,1-5H3/b37-22+/t27-,28?,29+,30?,31?,32-,33+,34?,35-,36+/m0/s1. The van der Waals surface area contributed by atoms with Gasteiger partial charge in [0.25, 0.3) is 0 Å². The highest BCUT2D eigenvalue weighted by Crippen LogP contribution is 2.66. The van der Waals surface area contributed by atoms with Crippen LogP contribution in [0.25, 0.3) is 0 Å². The van der Waals surface area contributed by atoms with E-state index in [4.69, 9.17) is 28.9 Å². The lowest BCUT2D eigenvalue weighted by atomic mass is 9.47. The molecule has 0 saturated heterocycles. The zero-order valence-electron chi connectivity index (χ0n) is 27.4. The van der Waals surface area contributed by atoms with Gasteiger partial charge in [0.05, 0.1) is 11.8 Å². The van der Waals surface area contributed by atoms with E-state index in [0.29, 0.717) is 17.4 Å². The summed E-state index contributed by atoms with van der Waals surface area (Å²) in [4.78, 5) is 29.0. The molecular weight excluding hydrogens is 558 g/mol. The number of oxime groups is 1. The number of hydrogen-bond acceptors (Lipinski definition) is 8. The fraction of sp³-hybridized carbons (Fsp3) is 0.806. The van der Waals surface area contributed by atoms with Crippen LogP contribution in [0, 0.1) is 34.5 Å². The summed E-state index contributed by atoms with van der Waals surface area (Å²) < 4.78 is 23.2. The molecule has 4 saturated carbocycles. The fourth-order valence-corrected chi connectivity index (χ4v) is 10.2. The van der Waals surface area contributed by atoms with E-state index in [1.54, 1.807) is 11.6 Å². The van der Waals surface area contributed by atoms with E-state index in [-0.39, 0.29) is 18.1 Å². The molecule has 0 N–H and O–H groups in total. The summed E-state index contributed by atoms with van der Waals surface area (Å²) in [7, 11) is 0. The van der Waals surface area contributed by atoms with Crippen molar-refractivity contribution in [2.75, 3.05) is 6.61 Å². The number of ether oxygens (including phenoxy) is 4. The Balaban J connectivity index is 1.09. The minimum atomic E-state index is -0.610. The zero-order chi connectivity index (χ0) is 31.1. The maximum Gasteiger partial charge on any atom is 0.303 e. The Morgan fingerprint density at radius 1 is 0.932 bits per heavy atom. The molecule has 0 aromatic rings. The second kappa shape index (κ2) is 12.9. The maximum absolute atomic E-state index is 11.6. The lowest BCUT2D eigenvalue weighted by Gasteiger charge is -2.58. The molecule has 0 bridgehead atoms. The van der Waals surface area contributed by atoms with Crippen LogP contribution in [0.4, 0.5) is 0 Å². The van der Waals surface area contributed by atoms with Gasteiger partial charge in [-0.15, -0.1) is 0 Å². The van der Waals surface area contributed by atoms with Crippen LogP contribution in [0.15, 0.2) is 29.0 Å². The molecular formula is C36H53NO7. The molecule has 0 aromatic carbocycles. The molecule has 0 amide bonds. The molecule has 8 nitrogen and oxygen atoms in total. The Morgan fingerprint density at radius 2 is 1.73 bits per heavy atom. The second-order valence-electron chi connectivity index (χ2n) is 15.0. The average Bonchev–Trinajstić information content (AvgIpc) is 3.63.